The number of aliphatic hydroxyl groups is 1. The third-order valence-electron chi connectivity index (χ3n) is 2.93. The van der Waals surface area contributed by atoms with Gasteiger partial charge in [-0.15, -0.1) is 0 Å². The molecule has 112 valence electrons. The van der Waals surface area contributed by atoms with Crippen LogP contribution in [0.25, 0.3) is 0 Å². The Balaban J connectivity index is 2.11. The Bertz CT molecular complexity index is 571. The molecule has 2 rings (SSSR count). The Morgan fingerprint density at radius 3 is 2.67 bits per heavy atom. The van der Waals surface area contributed by atoms with Crippen LogP contribution in [0.5, 0.6) is 0 Å². The van der Waals surface area contributed by atoms with Crippen molar-refractivity contribution in [2.24, 2.45) is 4.99 Å². The molecule has 1 N–H and O–H groups in total. The van der Waals surface area contributed by atoms with Crippen LogP contribution in [0, 0.1) is 0 Å². The number of carbonyl (C=O) groups is 2. The number of hydrogen-bond donors (Lipinski definition) is 1. The lowest BCUT2D eigenvalue weighted by Crippen LogP contribution is -2.24. The molecular formula is C14H16N2O4S. The fraction of sp³-hybridized carbons (Fsp3) is 0.357. The highest BCUT2D eigenvalue weighted by Gasteiger charge is 2.24. The van der Waals surface area contributed by atoms with Gasteiger partial charge in [0.25, 0.3) is 0 Å². The minimum Gasteiger partial charge on any atom is -0.464 e. The zero-order valence-corrected chi connectivity index (χ0v) is 12.6. The van der Waals surface area contributed by atoms with E-state index in [2.05, 4.69) is 4.99 Å². The van der Waals surface area contributed by atoms with E-state index in [1.807, 2.05) is 0 Å². The van der Waals surface area contributed by atoms with E-state index >= 15 is 0 Å². The van der Waals surface area contributed by atoms with Gasteiger partial charge < -0.3 is 9.84 Å². The first-order valence-corrected chi connectivity index (χ1v) is 7.44. The van der Waals surface area contributed by atoms with Crippen LogP contribution in [0.1, 0.15) is 18.6 Å². The maximum atomic E-state index is 11.4. The molecule has 0 aliphatic carbocycles. The molecule has 0 bridgehead atoms. The molecule has 1 saturated heterocycles. The lowest BCUT2D eigenvalue weighted by molar-refractivity contribution is -0.153. The van der Waals surface area contributed by atoms with E-state index in [0.717, 1.165) is 0 Å². The van der Waals surface area contributed by atoms with Crippen molar-refractivity contribution in [1.82, 2.24) is 4.90 Å². The van der Waals surface area contributed by atoms with Crippen LogP contribution in [0.2, 0.25) is 0 Å². The summed E-state index contributed by atoms with van der Waals surface area (Å²) in [5.74, 6) is -0.254. The van der Waals surface area contributed by atoms with Crippen molar-refractivity contribution in [1.29, 1.82) is 0 Å². The molecule has 1 aromatic rings. The van der Waals surface area contributed by atoms with Crippen LogP contribution in [-0.4, -0.2) is 46.5 Å². The molecule has 1 aromatic carbocycles. The number of carbonyl (C=O) groups excluding carboxylic acids is 2. The highest BCUT2D eigenvalue weighted by Crippen LogP contribution is 2.24. The van der Waals surface area contributed by atoms with Gasteiger partial charge in [-0.05, 0) is 24.6 Å². The number of ether oxygens (including phenoxy) is 1. The number of nitrogens with zero attached hydrogens (tertiary/aromatic N) is 2. The van der Waals surface area contributed by atoms with E-state index in [4.69, 9.17) is 4.74 Å². The van der Waals surface area contributed by atoms with Crippen LogP contribution in [0.15, 0.2) is 29.3 Å². The molecule has 1 unspecified atom stereocenters. The summed E-state index contributed by atoms with van der Waals surface area (Å²) in [5, 5.41) is 10.4. The van der Waals surface area contributed by atoms with Gasteiger partial charge in [-0.3, -0.25) is 9.69 Å². The van der Waals surface area contributed by atoms with E-state index in [1.165, 1.54) is 16.7 Å². The monoisotopic (exact) mass is 308 g/mol. The van der Waals surface area contributed by atoms with Crippen molar-refractivity contribution in [2.75, 3.05) is 19.4 Å². The Hall–Kier alpha value is -1.86. The van der Waals surface area contributed by atoms with Gasteiger partial charge in [-0.1, -0.05) is 23.9 Å². The average Bonchev–Trinajstić information content (AvgIpc) is 2.79. The van der Waals surface area contributed by atoms with E-state index in [1.54, 1.807) is 38.2 Å². The molecule has 7 heteroatoms. The SMILES string of the molecule is CCOC(=O)C(O)c1ccc(N=C2SCC(=O)N2C)cc1. The number of hydrogen-bond acceptors (Lipinski definition) is 6. The lowest BCUT2D eigenvalue weighted by Gasteiger charge is -2.10. The van der Waals surface area contributed by atoms with Gasteiger partial charge in [0.2, 0.25) is 5.91 Å². The predicted molar refractivity (Wildman–Crippen MR) is 80.4 cm³/mol. The van der Waals surface area contributed by atoms with E-state index in [9.17, 15) is 14.7 Å². The minimum atomic E-state index is -1.29. The lowest BCUT2D eigenvalue weighted by atomic mass is 10.1. The van der Waals surface area contributed by atoms with Crippen LogP contribution in [0.3, 0.4) is 0 Å². The maximum Gasteiger partial charge on any atom is 0.339 e. The highest BCUT2D eigenvalue weighted by molar-refractivity contribution is 8.15. The van der Waals surface area contributed by atoms with Crippen molar-refractivity contribution in [2.45, 2.75) is 13.0 Å². The van der Waals surface area contributed by atoms with Gasteiger partial charge in [-0.25, -0.2) is 9.79 Å². The smallest absolute Gasteiger partial charge is 0.339 e. The van der Waals surface area contributed by atoms with Gasteiger partial charge >= 0.3 is 5.97 Å². The summed E-state index contributed by atoms with van der Waals surface area (Å²) >= 11 is 1.38. The summed E-state index contributed by atoms with van der Waals surface area (Å²) in [7, 11) is 1.68. The van der Waals surface area contributed by atoms with Crippen LogP contribution in [0.4, 0.5) is 5.69 Å². The number of amidine groups is 1. The van der Waals surface area contributed by atoms with E-state index < -0.39 is 12.1 Å². The number of rotatable bonds is 4. The Morgan fingerprint density at radius 2 is 2.14 bits per heavy atom. The molecule has 0 aromatic heterocycles. The summed E-state index contributed by atoms with van der Waals surface area (Å²) in [6.45, 7) is 1.90. The molecule has 1 heterocycles. The summed E-state index contributed by atoms with van der Waals surface area (Å²) in [5.41, 5.74) is 1.10. The fourth-order valence-corrected chi connectivity index (χ4v) is 2.64. The summed E-state index contributed by atoms with van der Waals surface area (Å²) in [6.07, 6.45) is -1.29. The maximum absolute atomic E-state index is 11.4. The molecule has 21 heavy (non-hydrogen) atoms. The molecule has 1 fully saturated rings. The first-order chi connectivity index (χ1) is 10.0. The Labute approximate surface area is 126 Å². The van der Waals surface area contributed by atoms with E-state index in [0.29, 0.717) is 22.2 Å². The largest absolute Gasteiger partial charge is 0.464 e. The second-order valence-electron chi connectivity index (χ2n) is 4.38. The zero-order valence-electron chi connectivity index (χ0n) is 11.8. The van der Waals surface area contributed by atoms with Gasteiger partial charge in [0.1, 0.15) is 0 Å². The quantitative estimate of drug-likeness (QED) is 0.852. The summed E-state index contributed by atoms with van der Waals surface area (Å²) in [4.78, 5) is 28.7. The van der Waals surface area contributed by atoms with Crippen molar-refractivity contribution >= 4 is 34.5 Å². The van der Waals surface area contributed by atoms with Crippen LogP contribution >= 0.6 is 11.8 Å². The minimum absolute atomic E-state index is 0.0214. The first-order valence-electron chi connectivity index (χ1n) is 6.45. The normalized spacial score (nSPS) is 18.1. The molecule has 0 spiro atoms. The van der Waals surface area contributed by atoms with E-state index in [-0.39, 0.29) is 12.5 Å². The van der Waals surface area contributed by atoms with Gasteiger partial charge in [0, 0.05) is 7.05 Å². The number of esters is 1. The summed E-state index contributed by atoms with van der Waals surface area (Å²) < 4.78 is 4.76. The van der Waals surface area contributed by atoms with Crippen LogP contribution in [-0.2, 0) is 14.3 Å². The highest BCUT2D eigenvalue weighted by atomic mass is 32.2. The van der Waals surface area contributed by atoms with Crippen molar-refractivity contribution < 1.29 is 19.4 Å². The molecule has 0 saturated carbocycles. The van der Waals surface area contributed by atoms with Gasteiger partial charge in [0.15, 0.2) is 11.3 Å². The van der Waals surface area contributed by atoms with Crippen LogP contribution < -0.4 is 0 Å². The van der Waals surface area contributed by atoms with Gasteiger partial charge in [-0.2, -0.15) is 0 Å². The number of amides is 1. The van der Waals surface area contributed by atoms with Crippen molar-refractivity contribution in [3.63, 3.8) is 0 Å². The molecule has 6 nitrogen and oxygen atoms in total. The first kappa shape index (κ1) is 15.5. The number of aliphatic hydroxyl groups excluding tert-OH is 1. The molecular weight excluding hydrogens is 292 g/mol. The standard InChI is InChI=1S/C14H16N2O4S/c1-3-20-13(19)12(18)9-4-6-10(7-5-9)15-14-16(2)11(17)8-21-14/h4-7,12,18H,3,8H2,1-2H3. The summed E-state index contributed by atoms with van der Waals surface area (Å²) in [6, 6.07) is 6.59. The second kappa shape index (κ2) is 6.73. The Kier molecular flexibility index (Phi) is 4.98. The number of thioether (sulfide) groups is 1. The topological polar surface area (TPSA) is 79.2 Å². The fourth-order valence-electron chi connectivity index (χ4n) is 1.73. The van der Waals surface area contributed by atoms with Crippen molar-refractivity contribution in [3.05, 3.63) is 29.8 Å². The Morgan fingerprint density at radius 1 is 1.48 bits per heavy atom. The molecule has 1 aliphatic rings. The predicted octanol–water partition coefficient (Wildman–Crippen LogP) is 1.48. The third kappa shape index (κ3) is 3.62. The molecule has 1 amide bonds. The second-order valence-corrected chi connectivity index (χ2v) is 5.32. The third-order valence-corrected chi connectivity index (χ3v) is 3.94. The number of benzene rings is 1. The molecule has 0 radical (unpaired) electrons. The molecule has 1 atom stereocenters. The average molecular weight is 308 g/mol. The molecule has 1 aliphatic heterocycles. The van der Waals surface area contributed by atoms with Crippen molar-refractivity contribution in [3.8, 4) is 0 Å². The zero-order chi connectivity index (χ0) is 15.4. The number of aliphatic imine (C=N–C) groups is 1. The van der Waals surface area contributed by atoms with Gasteiger partial charge in [0.05, 0.1) is 18.0 Å².